The number of ether oxygens (including phenoxy) is 1. The highest BCUT2D eigenvalue weighted by molar-refractivity contribution is 7.14. The van der Waals surface area contributed by atoms with Crippen LogP contribution in [-0.4, -0.2) is 17.8 Å². The van der Waals surface area contributed by atoms with Crippen molar-refractivity contribution in [3.8, 4) is 17.0 Å². The minimum absolute atomic E-state index is 0.716. The van der Waals surface area contributed by atoms with E-state index in [4.69, 9.17) is 16.3 Å². The normalized spacial score (nSPS) is 11.1. The number of unbranched alkanes of at least 4 members (excludes halogenated alkanes) is 3. The molecule has 6 heteroatoms. The zero-order chi connectivity index (χ0) is 19.6. The summed E-state index contributed by atoms with van der Waals surface area (Å²) < 4.78 is 5.92. The Hall–Kier alpha value is -2.37. The molecule has 0 aliphatic carbocycles. The van der Waals surface area contributed by atoms with Crippen LogP contribution in [0.2, 0.25) is 5.02 Å². The Morgan fingerprint density at radius 2 is 1.93 bits per heavy atom. The summed E-state index contributed by atoms with van der Waals surface area (Å²) in [4.78, 5) is 4.56. The fourth-order valence-corrected chi connectivity index (χ4v) is 3.46. The molecule has 0 spiro atoms. The number of hydrogen-bond acceptors (Lipinski definition) is 5. The van der Waals surface area contributed by atoms with E-state index in [0.717, 1.165) is 40.7 Å². The van der Waals surface area contributed by atoms with E-state index in [2.05, 4.69) is 22.4 Å². The molecule has 0 amide bonds. The number of halogens is 1. The molecule has 1 aromatic heterocycles. The third kappa shape index (κ3) is 6.08. The van der Waals surface area contributed by atoms with Crippen molar-refractivity contribution in [2.45, 2.75) is 32.6 Å². The third-order valence-electron chi connectivity index (χ3n) is 4.18. The van der Waals surface area contributed by atoms with Crippen molar-refractivity contribution in [3.05, 3.63) is 64.5 Å². The van der Waals surface area contributed by atoms with Crippen LogP contribution in [0.1, 0.15) is 38.2 Å². The van der Waals surface area contributed by atoms with Crippen LogP contribution in [0.15, 0.2) is 59.0 Å². The topological polar surface area (TPSA) is 46.5 Å². The van der Waals surface area contributed by atoms with Crippen molar-refractivity contribution in [3.63, 3.8) is 0 Å². The van der Waals surface area contributed by atoms with Gasteiger partial charge in [0, 0.05) is 21.5 Å². The molecule has 146 valence electrons. The zero-order valence-electron chi connectivity index (χ0n) is 15.9. The lowest BCUT2D eigenvalue weighted by Gasteiger charge is -2.08. The number of aromatic nitrogens is 1. The highest BCUT2D eigenvalue weighted by Gasteiger charge is 2.04. The predicted octanol–water partition coefficient (Wildman–Crippen LogP) is 6.87. The predicted molar refractivity (Wildman–Crippen MR) is 120 cm³/mol. The lowest BCUT2D eigenvalue weighted by molar-refractivity contribution is 0.304. The lowest BCUT2D eigenvalue weighted by Crippen LogP contribution is -2.00. The second-order valence-electron chi connectivity index (χ2n) is 6.36. The van der Waals surface area contributed by atoms with E-state index < -0.39 is 0 Å². The summed E-state index contributed by atoms with van der Waals surface area (Å²) in [5.74, 6) is 0.852. The third-order valence-corrected chi connectivity index (χ3v) is 5.18. The molecule has 3 rings (SSSR count). The highest BCUT2D eigenvalue weighted by Crippen LogP contribution is 2.26. The van der Waals surface area contributed by atoms with Crippen LogP contribution in [0.5, 0.6) is 5.75 Å². The zero-order valence-corrected chi connectivity index (χ0v) is 17.5. The summed E-state index contributed by atoms with van der Waals surface area (Å²) >= 11 is 7.45. The van der Waals surface area contributed by atoms with Crippen LogP contribution < -0.4 is 10.2 Å². The molecule has 4 nitrogen and oxygen atoms in total. The van der Waals surface area contributed by atoms with Gasteiger partial charge in [-0.25, -0.2) is 4.98 Å². The van der Waals surface area contributed by atoms with Crippen LogP contribution in [0.4, 0.5) is 5.13 Å². The molecular weight excluding hydrogens is 390 g/mol. The Morgan fingerprint density at radius 1 is 1.11 bits per heavy atom. The van der Waals surface area contributed by atoms with Crippen LogP contribution in [0, 0.1) is 0 Å². The van der Waals surface area contributed by atoms with Crippen LogP contribution in [0.25, 0.3) is 11.3 Å². The Bertz CT molecular complexity index is 893. The first kappa shape index (κ1) is 20.4. The molecule has 0 bridgehead atoms. The number of rotatable bonds is 10. The standard InChI is InChI=1S/C22H24ClN3OS/c1-2-3-4-7-14-27-21-9-6-5-8-18(21)15-24-26-22-25-20(16-28-22)17-10-12-19(23)13-11-17/h5-6,8-13,15-16H,2-4,7,14H2,1H3,(H,25,26)/b24-15-. The van der Waals surface area contributed by atoms with Gasteiger partial charge in [0.05, 0.1) is 18.5 Å². The summed E-state index contributed by atoms with van der Waals surface area (Å²) in [5.41, 5.74) is 5.87. The Labute approximate surface area is 175 Å². The minimum atomic E-state index is 0.716. The number of benzene rings is 2. The quantitative estimate of drug-likeness (QED) is 0.224. The average molecular weight is 414 g/mol. The van der Waals surface area contributed by atoms with E-state index >= 15 is 0 Å². The largest absolute Gasteiger partial charge is 0.493 e. The second-order valence-corrected chi connectivity index (χ2v) is 7.66. The molecule has 0 saturated carbocycles. The average Bonchev–Trinajstić information content (AvgIpc) is 3.18. The molecule has 0 atom stereocenters. The Balaban J connectivity index is 1.57. The van der Waals surface area contributed by atoms with Gasteiger partial charge in [0.1, 0.15) is 5.75 Å². The number of anilines is 1. The molecule has 1 heterocycles. The molecule has 0 fully saturated rings. The number of nitrogens with zero attached hydrogens (tertiary/aromatic N) is 2. The number of nitrogens with one attached hydrogen (secondary N) is 1. The van der Waals surface area contributed by atoms with Crippen molar-refractivity contribution in [2.75, 3.05) is 12.0 Å². The van der Waals surface area contributed by atoms with E-state index in [9.17, 15) is 0 Å². The Morgan fingerprint density at radius 3 is 2.75 bits per heavy atom. The van der Waals surface area contributed by atoms with Crippen molar-refractivity contribution in [1.82, 2.24) is 4.98 Å². The van der Waals surface area contributed by atoms with Gasteiger partial charge in [-0.3, -0.25) is 5.43 Å². The lowest BCUT2D eigenvalue weighted by atomic mass is 10.2. The van der Waals surface area contributed by atoms with E-state index in [1.165, 1.54) is 30.6 Å². The minimum Gasteiger partial charge on any atom is -0.493 e. The molecule has 0 aliphatic heterocycles. The maximum Gasteiger partial charge on any atom is 0.203 e. The first-order valence-corrected chi connectivity index (χ1v) is 10.7. The number of hydrogen-bond donors (Lipinski definition) is 1. The molecule has 0 saturated heterocycles. The van der Waals surface area contributed by atoms with Crippen molar-refractivity contribution in [1.29, 1.82) is 0 Å². The fraction of sp³-hybridized carbons (Fsp3) is 0.273. The summed E-state index contributed by atoms with van der Waals surface area (Å²) in [6.07, 6.45) is 6.52. The summed E-state index contributed by atoms with van der Waals surface area (Å²) in [6.45, 7) is 2.94. The van der Waals surface area contributed by atoms with E-state index in [-0.39, 0.29) is 0 Å². The number of hydrazone groups is 1. The van der Waals surface area contributed by atoms with Gasteiger partial charge in [-0.15, -0.1) is 11.3 Å². The number of para-hydroxylation sites is 1. The van der Waals surface area contributed by atoms with Crippen molar-refractivity contribution < 1.29 is 4.74 Å². The first-order chi connectivity index (χ1) is 13.8. The molecule has 28 heavy (non-hydrogen) atoms. The van der Waals surface area contributed by atoms with E-state index in [1.54, 1.807) is 6.21 Å². The maximum atomic E-state index is 5.94. The highest BCUT2D eigenvalue weighted by atomic mass is 35.5. The monoisotopic (exact) mass is 413 g/mol. The molecule has 1 N–H and O–H groups in total. The maximum absolute atomic E-state index is 5.94. The fourth-order valence-electron chi connectivity index (χ4n) is 2.66. The molecule has 2 aromatic carbocycles. The van der Waals surface area contributed by atoms with Gasteiger partial charge in [0.15, 0.2) is 0 Å². The van der Waals surface area contributed by atoms with Gasteiger partial charge in [0.2, 0.25) is 5.13 Å². The van der Waals surface area contributed by atoms with Crippen molar-refractivity contribution >= 4 is 34.3 Å². The molecular formula is C22H24ClN3OS. The van der Waals surface area contributed by atoms with E-state index in [1.807, 2.05) is 53.9 Å². The van der Waals surface area contributed by atoms with Gasteiger partial charge in [0.25, 0.3) is 0 Å². The number of thiazole rings is 1. The molecule has 0 aliphatic rings. The second kappa shape index (κ2) is 10.8. The molecule has 3 aromatic rings. The van der Waals surface area contributed by atoms with Crippen LogP contribution in [0.3, 0.4) is 0 Å². The van der Waals surface area contributed by atoms with Gasteiger partial charge in [-0.1, -0.05) is 62.1 Å². The SMILES string of the molecule is CCCCCCOc1ccccc1/C=N\Nc1nc(-c2ccc(Cl)cc2)cs1. The first-order valence-electron chi connectivity index (χ1n) is 9.48. The summed E-state index contributed by atoms with van der Waals surface area (Å²) in [6, 6.07) is 15.6. The van der Waals surface area contributed by atoms with Gasteiger partial charge in [-0.05, 0) is 30.7 Å². The summed E-state index contributed by atoms with van der Waals surface area (Å²) in [5, 5.41) is 7.77. The van der Waals surface area contributed by atoms with Gasteiger partial charge in [-0.2, -0.15) is 5.10 Å². The van der Waals surface area contributed by atoms with Gasteiger partial charge >= 0.3 is 0 Å². The smallest absolute Gasteiger partial charge is 0.203 e. The summed E-state index contributed by atoms with van der Waals surface area (Å²) in [7, 11) is 0. The molecule has 0 radical (unpaired) electrons. The van der Waals surface area contributed by atoms with E-state index in [0.29, 0.717) is 5.02 Å². The van der Waals surface area contributed by atoms with Gasteiger partial charge < -0.3 is 4.74 Å². The van der Waals surface area contributed by atoms with Crippen molar-refractivity contribution in [2.24, 2.45) is 5.10 Å². The van der Waals surface area contributed by atoms with Crippen LogP contribution in [-0.2, 0) is 0 Å². The molecule has 0 unspecified atom stereocenters. The van der Waals surface area contributed by atoms with Crippen LogP contribution >= 0.6 is 22.9 Å². The Kier molecular flexibility index (Phi) is 7.88.